The number of amides is 2. The van der Waals surface area contributed by atoms with Crippen LogP contribution in [0.25, 0.3) is 0 Å². The number of hydrogen-bond donors (Lipinski definition) is 4. The second-order valence-corrected chi connectivity index (χ2v) is 18.4. The van der Waals surface area contributed by atoms with Crippen molar-refractivity contribution < 1.29 is 48.4 Å². The van der Waals surface area contributed by atoms with Crippen LogP contribution in [0.5, 0.6) is 17.2 Å². The highest BCUT2D eigenvalue weighted by atomic mass is 35.5. The average molecular weight is 960 g/mol. The number of carbonyl (C=O) groups is 5. The van der Waals surface area contributed by atoms with Gasteiger partial charge in [0.1, 0.15) is 23.0 Å². The Balaban J connectivity index is 1.04. The zero-order valence-corrected chi connectivity index (χ0v) is 40.0. The fraction of sp³-hybridized carbons (Fsp3) is 0.408. The van der Waals surface area contributed by atoms with Crippen LogP contribution >= 0.6 is 23.2 Å². The normalized spacial score (nSPS) is 15.4. The molecule has 2 amide bonds. The van der Waals surface area contributed by atoms with Gasteiger partial charge >= 0.3 is 11.9 Å². The molecule has 0 saturated carbocycles. The lowest BCUT2D eigenvalue weighted by Crippen LogP contribution is -2.46. The summed E-state index contributed by atoms with van der Waals surface area (Å²) in [7, 11) is 9.62. The number of hydrogen-bond acceptors (Lipinski definition) is 14. The van der Waals surface area contributed by atoms with Crippen LogP contribution < -0.4 is 29.9 Å². The predicted octanol–water partition coefficient (Wildman–Crippen LogP) is 5.25. The molecule has 0 aliphatic carbocycles. The molecule has 0 bridgehead atoms. The van der Waals surface area contributed by atoms with Crippen molar-refractivity contribution in [3.63, 3.8) is 0 Å². The van der Waals surface area contributed by atoms with Gasteiger partial charge in [0.15, 0.2) is 5.60 Å². The number of anilines is 2. The summed E-state index contributed by atoms with van der Waals surface area (Å²) in [4.78, 5) is 74.4. The number of aliphatic hydroxyl groups excluding tert-OH is 2. The van der Waals surface area contributed by atoms with Gasteiger partial charge in [-0.25, -0.2) is 9.59 Å². The van der Waals surface area contributed by atoms with Gasteiger partial charge in [-0.3, -0.25) is 19.3 Å². The van der Waals surface area contributed by atoms with Crippen molar-refractivity contribution in [3.8, 4) is 17.2 Å². The first-order chi connectivity index (χ1) is 31.9. The van der Waals surface area contributed by atoms with Crippen molar-refractivity contribution in [1.82, 2.24) is 20.4 Å². The summed E-state index contributed by atoms with van der Waals surface area (Å²) in [5.74, 6) is -2.44. The Morgan fingerprint density at radius 2 is 1.46 bits per heavy atom. The molecule has 3 heterocycles. The number of nitrogens with zero attached hydrogens (tertiary/aromatic N) is 4. The maximum atomic E-state index is 14.1. The first kappa shape index (κ1) is 49.2. The Hall–Kier alpha value is -5.75. The lowest BCUT2D eigenvalue weighted by atomic mass is 9.77. The van der Waals surface area contributed by atoms with E-state index in [1.54, 1.807) is 19.1 Å². The fourth-order valence-corrected chi connectivity index (χ4v) is 9.26. The number of fused-ring (bicyclic) bond motifs is 6. The molecule has 4 aromatic rings. The number of nitrogens with one attached hydrogen (secondary N) is 2. The molecule has 1 fully saturated rings. The minimum absolute atomic E-state index is 0.0180. The zero-order valence-electron chi connectivity index (χ0n) is 38.5. The molecule has 4 aromatic carbocycles. The first-order valence-electron chi connectivity index (χ1n) is 22.1. The quantitative estimate of drug-likeness (QED) is 0.0610. The van der Waals surface area contributed by atoms with Crippen molar-refractivity contribution in [3.05, 3.63) is 109 Å². The summed E-state index contributed by atoms with van der Waals surface area (Å²) >= 11 is 14.1. The number of ketones is 1. The molecule has 3 aliphatic heterocycles. The number of likely N-dealkylation sites (N-methyl/N-ethyl adjacent to an activating group) is 1. The molecular weight excluding hydrogens is 903 g/mol. The molecule has 1 atom stereocenters. The summed E-state index contributed by atoms with van der Waals surface area (Å²) in [5, 5.41) is 26.1. The van der Waals surface area contributed by atoms with E-state index in [2.05, 4.69) is 27.5 Å². The third kappa shape index (κ3) is 10.2. The van der Waals surface area contributed by atoms with Gasteiger partial charge in [0.05, 0.1) is 40.9 Å². The van der Waals surface area contributed by atoms with Crippen molar-refractivity contribution in [2.24, 2.45) is 5.92 Å². The predicted molar refractivity (Wildman–Crippen MR) is 253 cm³/mol. The topological polar surface area (TPSA) is 191 Å². The van der Waals surface area contributed by atoms with Crippen molar-refractivity contribution in [1.29, 1.82) is 0 Å². The molecule has 1 unspecified atom stereocenters. The van der Waals surface area contributed by atoms with Gasteiger partial charge in [-0.2, -0.15) is 0 Å². The second kappa shape index (κ2) is 20.6. The van der Waals surface area contributed by atoms with E-state index < -0.39 is 42.6 Å². The molecule has 1 spiro atoms. The molecule has 1 saturated heterocycles. The number of piperazine rings is 1. The van der Waals surface area contributed by atoms with Crippen LogP contribution in [0.15, 0.2) is 54.6 Å². The van der Waals surface area contributed by atoms with Gasteiger partial charge < -0.3 is 49.8 Å². The number of rotatable bonds is 17. The number of esters is 2. The van der Waals surface area contributed by atoms with Gasteiger partial charge in [0.2, 0.25) is 11.8 Å². The average Bonchev–Trinajstić information content (AvgIpc) is 3.61. The largest absolute Gasteiger partial charge is 0.456 e. The molecule has 18 heteroatoms. The Morgan fingerprint density at radius 3 is 2.03 bits per heavy atom. The van der Waals surface area contributed by atoms with Gasteiger partial charge in [-0.15, -0.1) is 0 Å². The minimum atomic E-state index is -1.61. The van der Waals surface area contributed by atoms with Gasteiger partial charge in [0.25, 0.3) is 0 Å². The van der Waals surface area contributed by atoms with Crippen molar-refractivity contribution >= 4 is 64.1 Å². The standard InChI is InChI=1S/C49H56Cl2N6O10/c1-28(18-41(61)52-13-7-8-34(60)25-57-16-14-56(6)15-17-57)46(62)53-24-29-19-30(26-58)45(31(20-29)27-59)66-47(63)35-23-38(50)43-42(44(35)51)48(64)67-49(43)36-11-9-32(54(2)3)21-39(36)65-40-22-33(55(4)5)10-12-37(40)49/h9-12,19-23,28,58-59H,7-8,13-18,24-27H2,1-6H3,(H,52,61)(H,53,62). The third-order valence-corrected chi connectivity index (χ3v) is 13.1. The molecule has 7 rings (SSSR count). The third-order valence-electron chi connectivity index (χ3n) is 12.4. The van der Waals surface area contributed by atoms with Gasteiger partial charge in [0, 0.05) is 138 Å². The van der Waals surface area contributed by atoms with E-state index in [0.29, 0.717) is 54.1 Å². The molecule has 0 aromatic heterocycles. The molecule has 3 aliphatic rings. The lowest BCUT2D eigenvalue weighted by molar-refractivity contribution is -0.129. The molecule has 4 N–H and O–H groups in total. The number of carbonyl (C=O) groups excluding carboxylic acids is 5. The van der Waals surface area contributed by atoms with Crippen LogP contribution in [0.2, 0.25) is 10.0 Å². The van der Waals surface area contributed by atoms with Crippen LogP contribution in [-0.4, -0.2) is 124 Å². The maximum Gasteiger partial charge on any atom is 0.345 e. The first-order valence-corrected chi connectivity index (χ1v) is 22.8. The van der Waals surface area contributed by atoms with E-state index in [0.717, 1.165) is 37.6 Å². The highest BCUT2D eigenvalue weighted by molar-refractivity contribution is 6.39. The number of ether oxygens (including phenoxy) is 3. The second-order valence-electron chi connectivity index (χ2n) is 17.6. The van der Waals surface area contributed by atoms with Crippen LogP contribution in [0.3, 0.4) is 0 Å². The Kier molecular flexibility index (Phi) is 15.1. The van der Waals surface area contributed by atoms with Gasteiger partial charge in [-0.05, 0) is 61.5 Å². The van der Waals surface area contributed by atoms with E-state index >= 15 is 0 Å². The Labute approximate surface area is 399 Å². The summed E-state index contributed by atoms with van der Waals surface area (Å²) in [6, 6.07) is 15.3. The van der Waals surface area contributed by atoms with Crippen molar-refractivity contribution in [2.45, 2.75) is 51.5 Å². The molecule has 16 nitrogen and oxygen atoms in total. The summed E-state index contributed by atoms with van der Waals surface area (Å²) in [5.41, 5.74) is 1.55. The molecule has 356 valence electrons. The molecule has 67 heavy (non-hydrogen) atoms. The Morgan fingerprint density at radius 1 is 0.866 bits per heavy atom. The maximum absolute atomic E-state index is 14.1. The summed E-state index contributed by atoms with van der Waals surface area (Å²) in [6.07, 6.45) is 0.794. The highest BCUT2D eigenvalue weighted by Crippen LogP contribution is 2.59. The summed E-state index contributed by atoms with van der Waals surface area (Å²) < 4.78 is 18.6. The monoisotopic (exact) mass is 958 g/mol. The van der Waals surface area contributed by atoms with Crippen molar-refractivity contribution in [2.75, 3.05) is 84.3 Å². The lowest BCUT2D eigenvalue weighted by Gasteiger charge is -2.37. The van der Waals surface area contributed by atoms with E-state index in [-0.39, 0.29) is 68.3 Å². The number of Topliss-reactive ketones (excluding diaryl/α,β-unsaturated/α-hetero) is 1. The zero-order chi connectivity index (χ0) is 48.3. The SMILES string of the molecule is CC(CC(=O)NCCCC(=O)CN1CCN(C)CC1)C(=O)NCc1cc(CO)c(OC(=O)c2cc(Cl)c3c(c2Cl)C(=O)OC32c3ccc(N(C)C)cc3Oc3cc(N(C)C)ccc32)c(CO)c1. The van der Waals surface area contributed by atoms with Crippen LogP contribution in [-0.2, 0) is 44.5 Å². The number of aliphatic hydroxyl groups is 2. The van der Waals surface area contributed by atoms with E-state index in [4.69, 9.17) is 37.4 Å². The summed E-state index contributed by atoms with van der Waals surface area (Å²) in [6.45, 7) is 4.67. The molecule has 0 radical (unpaired) electrons. The highest BCUT2D eigenvalue weighted by Gasteiger charge is 2.56. The fourth-order valence-electron chi connectivity index (χ4n) is 8.62. The van der Waals surface area contributed by atoms with Crippen LogP contribution in [0, 0.1) is 5.92 Å². The van der Waals surface area contributed by atoms with Crippen LogP contribution in [0.4, 0.5) is 11.4 Å². The minimum Gasteiger partial charge on any atom is -0.456 e. The smallest absolute Gasteiger partial charge is 0.345 e. The number of halogens is 2. The van der Waals surface area contributed by atoms with E-state index in [1.165, 1.54) is 18.2 Å². The Bertz CT molecular complexity index is 2510. The van der Waals surface area contributed by atoms with Crippen LogP contribution in [0.1, 0.15) is 80.3 Å². The number of benzene rings is 4. The van der Waals surface area contributed by atoms with E-state index in [9.17, 15) is 34.2 Å². The van der Waals surface area contributed by atoms with E-state index in [1.807, 2.05) is 62.3 Å². The molecular formula is C49H56Cl2N6O10. The van der Waals surface area contributed by atoms with Gasteiger partial charge in [-0.1, -0.05) is 30.1 Å².